The summed E-state index contributed by atoms with van der Waals surface area (Å²) in [5.74, 6) is 4.09. The molecule has 0 radical (unpaired) electrons. The third kappa shape index (κ3) is 3.64. The number of Topliss-reactive ketones (excluding diaryl/α,β-unsaturated/α-hetero) is 1. The van der Waals surface area contributed by atoms with Gasteiger partial charge in [0.15, 0.2) is 0 Å². The molecule has 1 rings (SSSR count). The van der Waals surface area contributed by atoms with Crippen LogP contribution >= 0.6 is 11.8 Å². The minimum Gasteiger partial charge on any atom is -0.299 e. The molecule has 1 heterocycles. The zero-order valence-electron chi connectivity index (χ0n) is 9.42. The highest BCUT2D eigenvalue weighted by atomic mass is 32.2. The molecule has 0 aromatic rings. The van der Waals surface area contributed by atoms with Crippen LogP contribution in [0.25, 0.3) is 0 Å². The SMILES string of the molecule is CCC(CC)C(=O)CC1CCSCC1. The van der Waals surface area contributed by atoms with Crippen molar-refractivity contribution < 1.29 is 4.79 Å². The van der Waals surface area contributed by atoms with E-state index in [2.05, 4.69) is 13.8 Å². The molecule has 0 unspecified atom stereocenters. The Hall–Kier alpha value is 0.0200. The van der Waals surface area contributed by atoms with Gasteiger partial charge in [0.05, 0.1) is 0 Å². The Bertz CT molecular complexity index is 169. The predicted molar refractivity (Wildman–Crippen MR) is 63.7 cm³/mol. The van der Waals surface area contributed by atoms with E-state index in [4.69, 9.17) is 0 Å². The van der Waals surface area contributed by atoms with Gasteiger partial charge in [-0.15, -0.1) is 0 Å². The molecule has 0 aliphatic carbocycles. The van der Waals surface area contributed by atoms with Gasteiger partial charge in [0.2, 0.25) is 0 Å². The first-order valence-corrected chi connectivity index (χ1v) is 7.03. The molecule has 0 saturated carbocycles. The fraction of sp³-hybridized carbons (Fsp3) is 0.917. The molecule has 1 fully saturated rings. The number of ketones is 1. The van der Waals surface area contributed by atoms with E-state index in [0.29, 0.717) is 17.6 Å². The van der Waals surface area contributed by atoms with Crippen molar-refractivity contribution in [1.29, 1.82) is 0 Å². The number of rotatable bonds is 5. The minimum absolute atomic E-state index is 0.338. The third-order valence-corrected chi connectivity index (χ3v) is 4.32. The summed E-state index contributed by atoms with van der Waals surface area (Å²) in [6.07, 6.45) is 5.42. The van der Waals surface area contributed by atoms with E-state index in [-0.39, 0.29) is 0 Å². The Morgan fingerprint density at radius 2 is 1.86 bits per heavy atom. The Morgan fingerprint density at radius 3 is 2.36 bits per heavy atom. The van der Waals surface area contributed by atoms with Crippen molar-refractivity contribution in [2.75, 3.05) is 11.5 Å². The van der Waals surface area contributed by atoms with E-state index >= 15 is 0 Å². The molecule has 14 heavy (non-hydrogen) atoms. The van der Waals surface area contributed by atoms with E-state index in [1.54, 1.807) is 0 Å². The maximum Gasteiger partial charge on any atom is 0.136 e. The summed E-state index contributed by atoms with van der Waals surface area (Å²) in [6.45, 7) is 4.26. The molecule has 2 heteroatoms. The van der Waals surface area contributed by atoms with Crippen molar-refractivity contribution >= 4 is 17.5 Å². The molecule has 0 amide bonds. The number of hydrogen-bond acceptors (Lipinski definition) is 2. The van der Waals surface area contributed by atoms with Crippen molar-refractivity contribution in [2.45, 2.75) is 46.0 Å². The van der Waals surface area contributed by atoms with E-state index in [9.17, 15) is 4.79 Å². The molecule has 1 saturated heterocycles. The zero-order valence-corrected chi connectivity index (χ0v) is 10.2. The van der Waals surface area contributed by atoms with Crippen molar-refractivity contribution in [3.05, 3.63) is 0 Å². The highest BCUT2D eigenvalue weighted by molar-refractivity contribution is 7.99. The number of hydrogen-bond donors (Lipinski definition) is 0. The van der Waals surface area contributed by atoms with Gasteiger partial charge in [-0.3, -0.25) is 4.79 Å². The van der Waals surface area contributed by atoms with Crippen LogP contribution in [0.5, 0.6) is 0 Å². The van der Waals surface area contributed by atoms with Crippen molar-refractivity contribution in [2.24, 2.45) is 11.8 Å². The van der Waals surface area contributed by atoms with Gasteiger partial charge in [0.25, 0.3) is 0 Å². The van der Waals surface area contributed by atoms with E-state index in [1.165, 1.54) is 24.3 Å². The fourth-order valence-electron chi connectivity index (χ4n) is 2.15. The van der Waals surface area contributed by atoms with Gasteiger partial charge in [-0.05, 0) is 43.1 Å². The first kappa shape index (κ1) is 12.1. The average Bonchev–Trinajstić information content (AvgIpc) is 2.21. The summed E-state index contributed by atoms with van der Waals surface area (Å²) in [6, 6.07) is 0. The lowest BCUT2D eigenvalue weighted by molar-refractivity contribution is -0.124. The molecule has 0 spiro atoms. The highest BCUT2D eigenvalue weighted by Gasteiger charge is 2.21. The molecular formula is C12H22OS. The van der Waals surface area contributed by atoms with Crippen LogP contribution in [-0.4, -0.2) is 17.3 Å². The molecule has 0 atom stereocenters. The topological polar surface area (TPSA) is 17.1 Å². The highest BCUT2D eigenvalue weighted by Crippen LogP contribution is 2.27. The molecule has 0 bridgehead atoms. The van der Waals surface area contributed by atoms with E-state index < -0.39 is 0 Å². The number of carbonyl (C=O) groups excluding carboxylic acids is 1. The Morgan fingerprint density at radius 1 is 1.29 bits per heavy atom. The monoisotopic (exact) mass is 214 g/mol. The van der Waals surface area contributed by atoms with Gasteiger partial charge in [0, 0.05) is 12.3 Å². The number of carbonyl (C=O) groups is 1. The summed E-state index contributed by atoms with van der Waals surface area (Å²) in [7, 11) is 0. The van der Waals surface area contributed by atoms with Crippen LogP contribution in [0.3, 0.4) is 0 Å². The quantitative estimate of drug-likeness (QED) is 0.696. The van der Waals surface area contributed by atoms with Crippen molar-refractivity contribution in [1.82, 2.24) is 0 Å². The first-order chi connectivity index (χ1) is 6.77. The second-order valence-electron chi connectivity index (χ2n) is 4.24. The molecule has 1 aliphatic rings. The molecular weight excluding hydrogens is 192 g/mol. The van der Waals surface area contributed by atoms with Gasteiger partial charge in [-0.1, -0.05) is 13.8 Å². The summed E-state index contributed by atoms with van der Waals surface area (Å²) in [4.78, 5) is 11.9. The molecule has 82 valence electrons. The first-order valence-electron chi connectivity index (χ1n) is 5.88. The molecule has 0 aromatic carbocycles. The van der Waals surface area contributed by atoms with Gasteiger partial charge in [-0.2, -0.15) is 11.8 Å². The van der Waals surface area contributed by atoms with Crippen LogP contribution in [-0.2, 0) is 4.79 Å². The van der Waals surface area contributed by atoms with Crippen LogP contribution in [0.4, 0.5) is 0 Å². The van der Waals surface area contributed by atoms with Gasteiger partial charge in [-0.25, -0.2) is 0 Å². The average molecular weight is 214 g/mol. The van der Waals surface area contributed by atoms with Crippen LogP contribution in [0, 0.1) is 11.8 Å². The van der Waals surface area contributed by atoms with E-state index in [1.807, 2.05) is 11.8 Å². The predicted octanol–water partition coefficient (Wildman–Crippen LogP) is 3.53. The van der Waals surface area contributed by atoms with Crippen LogP contribution in [0.15, 0.2) is 0 Å². The largest absolute Gasteiger partial charge is 0.299 e. The molecule has 0 N–H and O–H groups in total. The standard InChI is InChI=1S/C12H22OS/c1-3-11(4-2)12(13)9-10-5-7-14-8-6-10/h10-11H,3-9H2,1-2H3. The Balaban J connectivity index is 2.30. The van der Waals surface area contributed by atoms with Crippen molar-refractivity contribution in [3.63, 3.8) is 0 Å². The van der Waals surface area contributed by atoms with Crippen molar-refractivity contribution in [3.8, 4) is 0 Å². The van der Waals surface area contributed by atoms with Gasteiger partial charge >= 0.3 is 0 Å². The van der Waals surface area contributed by atoms with Crippen LogP contribution < -0.4 is 0 Å². The smallest absolute Gasteiger partial charge is 0.136 e. The lowest BCUT2D eigenvalue weighted by atomic mass is 9.88. The summed E-state index contributed by atoms with van der Waals surface area (Å²) in [5.41, 5.74) is 0. The third-order valence-electron chi connectivity index (χ3n) is 3.27. The van der Waals surface area contributed by atoms with Gasteiger partial charge < -0.3 is 0 Å². The maximum absolute atomic E-state index is 11.9. The molecule has 1 nitrogen and oxygen atoms in total. The van der Waals surface area contributed by atoms with Crippen LogP contribution in [0.1, 0.15) is 46.0 Å². The van der Waals surface area contributed by atoms with E-state index in [0.717, 1.165) is 19.3 Å². The maximum atomic E-state index is 11.9. The Kier molecular flexibility index (Phi) is 5.61. The zero-order chi connectivity index (χ0) is 10.4. The summed E-state index contributed by atoms with van der Waals surface area (Å²) < 4.78 is 0. The summed E-state index contributed by atoms with van der Waals surface area (Å²) in [5, 5.41) is 0. The lowest BCUT2D eigenvalue weighted by Gasteiger charge is -2.22. The molecule has 0 aromatic heterocycles. The lowest BCUT2D eigenvalue weighted by Crippen LogP contribution is -2.19. The second kappa shape index (κ2) is 6.49. The second-order valence-corrected chi connectivity index (χ2v) is 5.46. The Labute approximate surface area is 92.0 Å². The number of thioether (sulfide) groups is 1. The van der Waals surface area contributed by atoms with Gasteiger partial charge in [0.1, 0.15) is 5.78 Å². The fourth-order valence-corrected chi connectivity index (χ4v) is 3.35. The normalized spacial score (nSPS) is 18.8. The molecule has 1 aliphatic heterocycles. The minimum atomic E-state index is 0.338. The van der Waals surface area contributed by atoms with Crippen LogP contribution in [0.2, 0.25) is 0 Å². The summed E-state index contributed by atoms with van der Waals surface area (Å²) >= 11 is 2.03.